The van der Waals surface area contributed by atoms with Crippen molar-refractivity contribution in [3.05, 3.63) is 70.1 Å². The van der Waals surface area contributed by atoms with Crippen molar-refractivity contribution < 1.29 is 32.2 Å². The molecule has 5 nitrogen and oxygen atoms in total. The van der Waals surface area contributed by atoms with Gasteiger partial charge in [-0.2, -0.15) is 0 Å². The number of likely N-dealkylation sites (tertiary alicyclic amines) is 1. The fraction of sp³-hybridized carbons (Fsp3) is 0.379. The molecule has 0 saturated carbocycles. The summed E-state index contributed by atoms with van der Waals surface area (Å²) in [5, 5.41) is 10.3. The predicted octanol–water partition coefficient (Wildman–Crippen LogP) is 6.57. The van der Waals surface area contributed by atoms with Crippen LogP contribution in [0.3, 0.4) is 0 Å². The van der Waals surface area contributed by atoms with Crippen molar-refractivity contribution in [3.8, 4) is 17.6 Å². The van der Waals surface area contributed by atoms with Gasteiger partial charge in [-0.1, -0.05) is 23.4 Å². The van der Waals surface area contributed by atoms with Crippen molar-refractivity contribution in [2.24, 2.45) is 11.8 Å². The van der Waals surface area contributed by atoms with Crippen LogP contribution < -0.4 is 4.74 Å². The van der Waals surface area contributed by atoms with Crippen LogP contribution in [0.15, 0.2) is 36.5 Å². The molecule has 1 N–H and O–H groups in total. The molecule has 1 fully saturated rings. The van der Waals surface area contributed by atoms with Gasteiger partial charge in [0.05, 0.1) is 29.8 Å². The normalized spacial score (nSPS) is 18.4. The molecule has 10 heteroatoms. The third-order valence-corrected chi connectivity index (χ3v) is 7.40. The van der Waals surface area contributed by atoms with Crippen molar-refractivity contribution in [1.29, 1.82) is 0 Å². The van der Waals surface area contributed by atoms with E-state index in [2.05, 4.69) is 16.8 Å². The molecule has 0 amide bonds. The number of aliphatic carboxylic acids is 1. The first-order valence-corrected chi connectivity index (χ1v) is 12.9. The average Bonchev–Trinajstić information content (AvgIpc) is 2.90. The van der Waals surface area contributed by atoms with Gasteiger partial charge >= 0.3 is 5.97 Å². The number of piperidine rings is 1. The van der Waals surface area contributed by atoms with E-state index in [1.807, 2.05) is 4.90 Å². The van der Waals surface area contributed by atoms with E-state index >= 15 is 4.39 Å². The van der Waals surface area contributed by atoms with E-state index < -0.39 is 29.6 Å². The Morgan fingerprint density at radius 1 is 1.26 bits per heavy atom. The maximum absolute atomic E-state index is 15.6. The van der Waals surface area contributed by atoms with Crippen LogP contribution >= 0.6 is 11.6 Å². The molecule has 39 heavy (non-hydrogen) atoms. The predicted molar refractivity (Wildman–Crippen MR) is 140 cm³/mol. The third-order valence-electron chi connectivity index (χ3n) is 7.10. The lowest BCUT2D eigenvalue weighted by atomic mass is 9.79. The highest BCUT2D eigenvalue weighted by molar-refractivity contribution is 6.32. The molecule has 206 valence electrons. The lowest BCUT2D eigenvalue weighted by Crippen LogP contribution is -2.41. The number of aromatic nitrogens is 1. The molecule has 3 aromatic rings. The van der Waals surface area contributed by atoms with Gasteiger partial charge in [0.1, 0.15) is 17.7 Å². The number of ether oxygens (including phenoxy) is 1. The largest absolute Gasteiger partial charge is 0.497 e. The molecule has 2 heterocycles. The summed E-state index contributed by atoms with van der Waals surface area (Å²) >= 11 is 6.35. The zero-order valence-corrected chi connectivity index (χ0v) is 21.9. The number of nitrogens with zero attached hydrogens (tertiary/aromatic N) is 2. The minimum absolute atomic E-state index is 0.0419. The summed E-state index contributed by atoms with van der Waals surface area (Å²) in [6.45, 7) is 1.15. The van der Waals surface area contributed by atoms with Crippen LogP contribution in [0, 0.1) is 41.1 Å². The first-order valence-electron chi connectivity index (χ1n) is 12.5. The molecule has 2 aromatic carbocycles. The second kappa shape index (κ2) is 12.7. The Morgan fingerprint density at radius 3 is 2.79 bits per heavy atom. The first-order chi connectivity index (χ1) is 18.7. The van der Waals surface area contributed by atoms with Crippen molar-refractivity contribution in [1.82, 2.24) is 9.88 Å². The molecule has 1 aromatic heterocycles. The van der Waals surface area contributed by atoms with Gasteiger partial charge in [0, 0.05) is 36.2 Å². The van der Waals surface area contributed by atoms with Crippen molar-refractivity contribution in [3.63, 3.8) is 0 Å². The van der Waals surface area contributed by atoms with E-state index in [0.717, 1.165) is 6.07 Å². The molecule has 0 spiro atoms. The Balaban J connectivity index is 1.43. The number of carbonyl (C=O) groups is 1. The summed E-state index contributed by atoms with van der Waals surface area (Å²) in [6.07, 6.45) is 1.18. The second-order valence-corrected chi connectivity index (χ2v) is 10.0. The number of alkyl halides is 1. The number of carboxylic acid groups (broad SMARTS) is 1. The molecule has 4 rings (SSSR count). The molecule has 2 unspecified atom stereocenters. The molecule has 1 aliphatic heterocycles. The summed E-state index contributed by atoms with van der Waals surface area (Å²) in [4.78, 5) is 17.7. The quantitative estimate of drug-likeness (QED) is 0.191. The van der Waals surface area contributed by atoms with E-state index in [0.29, 0.717) is 54.2 Å². The fourth-order valence-electron chi connectivity index (χ4n) is 5.15. The number of pyridine rings is 1. The Morgan fingerprint density at radius 2 is 2.05 bits per heavy atom. The maximum Gasteiger partial charge on any atom is 0.303 e. The monoisotopic (exact) mass is 562 g/mol. The van der Waals surface area contributed by atoms with Crippen LogP contribution in [-0.2, 0) is 4.79 Å². The van der Waals surface area contributed by atoms with E-state index in [-0.39, 0.29) is 41.8 Å². The Bertz CT molecular complexity index is 1430. The number of methoxy groups -OCH3 is 1. The molecular formula is C29H27ClF4N2O3. The molecule has 0 radical (unpaired) electrons. The van der Waals surface area contributed by atoms with E-state index in [9.17, 15) is 23.1 Å². The molecular weight excluding hydrogens is 536 g/mol. The van der Waals surface area contributed by atoms with Gasteiger partial charge in [-0.25, -0.2) is 17.6 Å². The second-order valence-electron chi connectivity index (χ2n) is 9.64. The number of carboxylic acids is 1. The van der Waals surface area contributed by atoms with Crippen molar-refractivity contribution in [2.45, 2.75) is 31.9 Å². The van der Waals surface area contributed by atoms with Crippen LogP contribution in [-0.4, -0.2) is 47.7 Å². The summed E-state index contributed by atoms with van der Waals surface area (Å²) in [5.74, 6) is 1.04. The fourth-order valence-corrected chi connectivity index (χ4v) is 5.42. The minimum Gasteiger partial charge on any atom is -0.497 e. The van der Waals surface area contributed by atoms with Crippen molar-refractivity contribution in [2.75, 3.05) is 26.7 Å². The molecule has 0 aliphatic carbocycles. The SMILES string of the molecule is COc1ccc2ncc(Cl)c([C@H](F)CCC3CCN(CC#Cc4cc(F)cc(F)c4F)CC3CC(=O)O)c2c1. The van der Waals surface area contributed by atoms with Gasteiger partial charge in [-0.05, 0) is 61.9 Å². The Labute approximate surface area is 228 Å². The zero-order chi connectivity index (χ0) is 28.1. The molecule has 0 bridgehead atoms. The highest BCUT2D eigenvalue weighted by Gasteiger charge is 2.31. The topological polar surface area (TPSA) is 62.7 Å². The van der Waals surface area contributed by atoms with Gasteiger partial charge in [0.2, 0.25) is 0 Å². The highest BCUT2D eigenvalue weighted by Crippen LogP contribution is 2.39. The van der Waals surface area contributed by atoms with Gasteiger partial charge in [-0.15, -0.1) is 0 Å². The van der Waals surface area contributed by atoms with Crippen molar-refractivity contribution >= 4 is 28.5 Å². The Kier molecular flexibility index (Phi) is 9.31. The van der Waals surface area contributed by atoms with Gasteiger partial charge in [0.15, 0.2) is 11.6 Å². The zero-order valence-electron chi connectivity index (χ0n) is 21.2. The van der Waals surface area contributed by atoms with Gasteiger partial charge < -0.3 is 9.84 Å². The summed E-state index contributed by atoms with van der Waals surface area (Å²) in [5.41, 5.74) is 0.555. The first kappa shape index (κ1) is 28.7. The van der Waals surface area contributed by atoms with Crippen LogP contribution in [0.1, 0.15) is 43.0 Å². The number of hydrogen-bond acceptors (Lipinski definition) is 4. The Hall–Kier alpha value is -3.35. The molecule has 3 atom stereocenters. The van der Waals surface area contributed by atoms with E-state index in [1.54, 1.807) is 18.2 Å². The summed E-state index contributed by atoms with van der Waals surface area (Å²) in [7, 11) is 1.52. The van der Waals surface area contributed by atoms with Crippen LogP contribution in [0.5, 0.6) is 5.75 Å². The van der Waals surface area contributed by atoms with E-state index in [4.69, 9.17) is 16.3 Å². The molecule has 1 aliphatic rings. The maximum atomic E-state index is 15.6. The van der Waals surface area contributed by atoms with Crippen LogP contribution in [0.2, 0.25) is 5.02 Å². The standard InChI is InChI=1S/C29H27ClF4N2O3/c1-39-21-5-7-26-22(14-21)28(23(30)15-35-26)24(32)6-4-17-8-10-36(16-19(17)12-27(37)38)9-2-3-18-11-20(31)13-25(33)29(18)34/h5,7,11,13-15,17,19,24H,4,6,8-10,12,16H2,1H3,(H,37,38)/t17?,19?,24-/m1/s1. The number of hydrogen-bond donors (Lipinski definition) is 1. The van der Waals surface area contributed by atoms with Gasteiger partial charge in [0.25, 0.3) is 0 Å². The lowest BCUT2D eigenvalue weighted by molar-refractivity contribution is -0.139. The smallest absolute Gasteiger partial charge is 0.303 e. The summed E-state index contributed by atoms with van der Waals surface area (Å²) in [6, 6.07) is 6.45. The lowest BCUT2D eigenvalue weighted by Gasteiger charge is -2.37. The number of rotatable bonds is 8. The third kappa shape index (κ3) is 7.00. The van der Waals surface area contributed by atoms with Gasteiger partial charge in [-0.3, -0.25) is 14.7 Å². The number of halogens is 5. The average molecular weight is 563 g/mol. The van der Waals surface area contributed by atoms with Crippen LogP contribution in [0.4, 0.5) is 17.6 Å². The highest BCUT2D eigenvalue weighted by atomic mass is 35.5. The number of fused-ring (bicyclic) bond motifs is 1. The molecule has 1 saturated heterocycles. The van der Waals surface area contributed by atoms with E-state index in [1.165, 1.54) is 13.3 Å². The van der Waals surface area contributed by atoms with Crippen LogP contribution in [0.25, 0.3) is 10.9 Å². The number of benzene rings is 2. The minimum atomic E-state index is -1.38. The summed E-state index contributed by atoms with van der Waals surface area (Å²) < 4.78 is 61.5.